The van der Waals surface area contributed by atoms with E-state index >= 15 is 0 Å². The molecule has 0 radical (unpaired) electrons. The van der Waals surface area contributed by atoms with Crippen molar-refractivity contribution in [3.05, 3.63) is 80.4 Å². The predicted octanol–water partition coefficient (Wildman–Crippen LogP) is 3.00. The van der Waals surface area contributed by atoms with Crippen LogP contribution in [0.1, 0.15) is 11.4 Å². The highest BCUT2D eigenvalue weighted by molar-refractivity contribution is 5.79. The third-order valence-electron chi connectivity index (χ3n) is 3.17. The number of nitro groups is 1. The summed E-state index contributed by atoms with van der Waals surface area (Å²) in [6.07, 6.45) is 3.39. The number of fused-ring (bicyclic) bond motifs is 1. The van der Waals surface area contributed by atoms with E-state index in [1.54, 1.807) is 42.5 Å². The lowest BCUT2D eigenvalue weighted by Crippen LogP contribution is -2.09. The van der Waals surface area contributed by atoms with Gasteiger partial charge in [-0.2, -0.15) is 0 Å². The minimum absolute atomic E-state index is 0.0365. The molecule has 3 aromatic rings. The molecule has 0 fully saturated rings. The number of benzene rings is 2. The molecule has 0 amide bonds. The summed E-state index contributed by atoms with van der Waals surface area (Å²) in [5.41, 5.74) is 1.24. The van der Waals surface area contributed by atoms with E-state index in [0.717, 1.165) is 5.56 Å². The zero-order valence-electron chi connectivity index (χ0n) is 11.4. The summed E-state index contributed by atoms with van der Waals surface area (Å²) in [5.74, 6) is 0.432. The summed E-state index contributed by atoms with van der Waals surface area (Å²) in [5, 5.41) is 11.1. The van der Waals surface area contributed by atoms with Crippen LogP contribution >= 0.6 is 0 Å². The van der Waals surface area contributed by atoms with Crippen LogP contribution in [-0.4, -0.2) is 14.9 Å². The van der Waals surface area contributed by atoms with Gasteiger partial charge in [0.15, 0.2) is 0 Å². The van der Waals surface area contributed by atoms with Crippen LogP contribution in [0.25, 0.3) is 23.1 Å². The number of nitrogens with zero attached hydrogens (tertiary/aromatic N) is 2. The maximum absolute atomic E-state index is 11.9. The third kappa shape index (κ3) is 2.76. The van der Waals surface area contributed by atoms with E-state index in [-0.39, 0.29) is 11.2 Å². The number of hydrogen-bond acceptors (Lipinski definition) is 4. The van der Waals surface area contributed by atoms with Crippen LogP contribution < -0.4 is 5.56 Å². The maximum Gasteiger partial charge on any atom is 0.269 e. The monoisotopic (exact) mass is 293 g/mol. The van der Waals surface area contributed by atoms with Crippen LogP contribution in [0, 0.1) is 10.1 Å². The molecule has 0 bridgehead atoms. The second-order valence-corrected chi connectivity index (χ2v) is 4.65. The van der Waals surface area contributed by atoms with Crippen molar-refractivity contribution in [2.45, 2.75) is 0 Å². The van der Waals surface area contributed by atoms with Crippen molar-refractivity contribution >= 4 is 28.7 Å². The Morgan fingerprint density at radius 2 is 1.77 bits per heavy atom. The molecule has 22 heavy (non-hydrogen) atoms. The lowest BCUT2D eigenvalue weighted by Gasteiger charge is -1.98. The van der Waals surface area contributed by atoms with Gasteiger partial charge in [-0.25, -0.2) is 4.98 Å². The van der Waals surface area contributed by atoms with Gasteiger partial charge in [-0.15, -0.1) is 0 Å². The maximum atomic E-state index is 11.9. The highest BCUT2D eigenvalue weighted by Gasteiger charge is 2.03. The summed E-state index contributed by atoms with van der Waals surface area (Å²) in [6.45, 7) is 0. The molecule has 1 heterocycles. The molecule has 0 saturated carbocycles. The van der Waals surface area contributed by atoms with Crippen molar-refractivity contribution in [3.63, 3.8) is 0 Å². The van der Waals surface area contributed by atoms with Crippen molar-refractivity contribution in [3.8, 4) is 0 Å². The summed E-state index contributed by atoms with van der Waals surface area (Å²) in [7, 11) is 0. The molecule has 0 saturated heterocycles. The highest BCUT2D eigenvalue weighted by atomic mass is 16.6. The third-order valence-corrected chi connectivity index (χ3v) is 3.17. The standard InChI is InChI=1S/C16H11N3O3/c20-16-13-3-1-2-4-14(13)17-15(18-16)10-7-11-5-8-12(9-6-11)19(21)22/h1-10H,(H,17,18,20)/b10-7-. The van der Waals surface area contributed by atoms with E-state index in [1.807, 2.05) is 6.07 Å². The molecule has 0 aliphatic carbocycles. The molecular formula is C16H11N3O3. The lowest BCUT2D eigenvalue weighted by molar-refractivity contribution is -0.384. The second kappa shape index (κ2) is 5.61. The molecule has 0 spiro atoms. The zero-order valence-corrected chi connectivity index (χ0v) is 11.4. The van der Waals surface area contributed by atoms with Crippen LogP contribution in [0.15, 0.2) is 53.3 Å². The average Bonchev–Trinajstić information content (AvgIpc) is 2.53. The molecule has 6 heteroatoms. The van der Waals surface area contributed by atoms with Crippen molar-refractivity contribution in [2.75, 3.05) is 0 Å². The first-order chi connectivity index (χ1) is 10.6. The fraction of sp³-hybridized carbons (Fsp3) is 0. The van der Waals surface area contributed by atoms with Crippen molar-refractivity contribution in [2.24, 2.45) is 0 Å². The highest BCUT2D eigenvalue weighted by Crippen LogP contribution is 2.14. The Balaban J connectivity index is 1.92. The molecular weight excluding hydrogens is 282 g/mol. The van der Waals surface area contributed by atoms with Crippen molar-refractivity contribution in [1.29, 1.82) is 0 Å². The van der Waals surface area contributed by atoms with Crippen LogP contribution in [-0.2, 0) is 0 Å². The first kappa shape index (κ1) is 13.7. The fourth-order valence-corrected chi connectivity index (χ4v) is 2.07. The Hall–Kier alpha value is -3.28. The molecule has 0 aliphatic rings. The number of para-hydroxylation sites is 1. The molecule has 3 rings (SSSR count). The van der Waals surface area contributed by atoms with E-state index in [0.29, 0.717) is 16.7 Å². The Labute approximate surface area is 124 Å². The van der Waals surface area contributed by atoms with Gasteiger partial charge in [0.05, 0.1) is 15.8 Å². The SMILES string of the molecule is O=c1[nH]c(/C=C\c2ccc([N+](=O)[O-])cc2)nc2ccccc12. The fourth-order valence-electron chi connectivity index (χ4n) is 2.07. The number of non-ortho nitro benzene ring substituents is 1. The van der Waals surface area contributed by atoms with Gasteiger partial charge in [-0.05, 0) is 35.9 Å². The van der Waals surface area contributed by atoms with Crippen LogP contribution in [0.3, 0.4) is 0 Å². The normalized spacial score (nSPS) is 11.1. The summed E-state index contributed by atoms with van der Waals surface area (Å²) in [6, 6.07) is 13.2. The number of aromatic amines is 1. The van der Waals surface area contributed by atoms with Crippen LogP contribution in [0.4, 0.5) is 5.69 Å². The van der Waals surface area contributed by atoms with Crippen molar-refractivity contribution in [1.82, 2.24) is 9.97 Å². The average molecular weight is 293 g/mol. The molecule has 0 atom stereocenters. The van der Waals surface area contributed by atoms with Gasteiger partial charge in [0.2, 0.25) is 0 Å². The second-order valence-electron chi connectivity index (χ2n) is 4.65. The minimum Gasteiger partial charge on any atom is -0.306 e. The molecule has 1 aromatic heterocycles. The molecule has 108 valence electrons. The molecule has 0 unspecified atom stereocenters. The first-order valence-corrected chi connectivity index (χ1v) is 6.55. The smallest absolute Gasteiger partial charge is 0.269 e. The Morgan fingerprint density at radius 1 is 1.05 bits per heavy atom. The minimum atomic E-state index is -0.449. The number of nitro benzene ring substituents is 1. The Bertz CT molecular complexity index is 927. The number of H-pyrrole nitrogens is 1. The summed E-state index contributed by atoms with van der Waals surface area (Å²) in [4.78, 5) is 29.1. The molecule has 1 N–H and O–H groups in total. The van der Waals surface area contributed by atoms with E-state index in [9.17, 15) is 14.9 Å². The van der Waals surface area contributed by atoms with Gasteiger partial charge < -0.3 is 4.98 Å². The van der Waals surface area contributed by atoms with Gasteiger partial charge in [0.25, 0.3) is 11.2 Å². The van der Waals surface area contributed by atoms with E-state index in [1.165, 1.54) is 12.1 Å². The zero-order chi connectivity index (χ0) is 15.5. The van der Waals surface area contributed by atoms with Gasteiger partial charge in [0, 0.05) is 12.1 Å². The van der Waals surface area contributed by atoms with Gasteiger partial charge in [0.1, 0.15) is 5.82 Å². The summed E-state index contributed by atoms with van der Waals surface area (Å²) < 4.78 is 0. The topological polar surface area (TPSA) is 88.9 Å². The van der Waals surface area contributed by atoms with Crippen molar-refractivity contribution < 1.29 is 4.92 Å². The van der Waals surface area contributed by atoms with E-state index in [4.69, 9.17) is 0 Å². The lowest BCUT2D eigenvalue weighted by atomic mass is 10.2. The molecule has 0 aliphatic heterocycles. The Kier molecular flexibility index (Phi) is 3.49. The van der Waals surface area contributed by atoms with Gasteiger partial charge >= 0.3 is 0 Å². The van der Waals surface area contributed by atoms with Crippen LogP contribution in [0.5, 0.6) is 0 Å². The van der Waals surface area contributed by atoms with Gasteiger partial charge in [-0.1, -0.05) is 18.2 Å². The predicted molar refractivity (Wildman–Crippen MR) is 84.4 cm³/mol. The van der Waals surface area contributed by atoms with E-state index in [2.05, 4.69) is 9.97 Å². The number of aromatic nitrogens is 2. The van der Waals surface area contributed by atoms with E-state index < -0.39 is 4.92 Å². The largest absolute Gasteiger partial charge is 0.306 e. The van der Waals surface area contributed by atoms with Crippen LogP contribution in [0.2, 0.25) is 0 Å². The number of nitrogens with one attached hydrogen (secondary N) is 1. The quantitative estimate of drug-likeness (QED) is 0.593. The first-order valence-electron chi connectivity index (χ1n) is 6.55. The number of hydrogen-bond donors (Lipinski definition) is 1. The summed E-state index contributed by atoms with van der Waals surface area (Å²) >= 11 is 0. The van der Waals surface area contributed by atoms with Gasteiger partial charge in [-0.3, -0.25) is 14.9 Å². The number of rotatable bonds is 3. The Morgan fingerprint density at radius 3 is 2.50 bits per heavy atom. The molecule has 2 aromatic carbocycles. The molecule has 6 nitrogen and oxygen atoms in total.